The average molecular weight is 237 g/mol. The zero-order chi connectivity index (χ0) is 10.4. The van der Waals surface area contributed by atoms with Gasteiger partial charge in [-0.1, -0.05) is 13.8 Å². The van der Waals surface area contributed by atoms with Gasteiger partial charge < -0.3 is 15.3 Å². The summed E-state index contributed by atoms with van der Waals surface area (Å²) in [5.41, 5.74) is 0.421. The Labute approximate surface area is 99.6 Å². The first-order valence-electron chi connectivity index (χ1n) is 5.74. The van der Waals surface area contributed by atoms with E-state index < -0.39 is 0 Å². The maximum Gasteiger partial charge on any atom is 0.0558 e. The molecule has 1 rings (SSSR count). The molecule has 3 nitrogen and oxygen atoms in total. The molecule has 0 aliphatic carbocycles. The summed E-state index contributed by atoms with van der Waals surface area (Å²) in [4.78, 5) is 2.38. The molecule has 1 unspecified atom stereocenters. The fourth-order valence-corrected chi connectivity index (χ4v) is 2.27. The molecule has 0 aromatic rings. The van der Waals surface area contributed by atoms with Crippen molar-refractivity contribution in [1.82, 2.24) is 10.2 Å². The second-order valence-electron chi connectivity index (χ2n) is 4.74. The zero-order valence-corrected chi connectivity index (χ0v) is 10.8. The molecule has 0 aromatic heterocycles. The first kappa shape index (κ1) is 15.2. The van der Waals surface area contributed by atoms with Gasteiger partial charge in [0.15, 0.2) is 0 Å². The van der Waals surface area contributed by atoms with Crippen LogP contribution >= 0.6 is 12.4 Å². The van der Waals surface area contributed by atoms with Crippen LogP contribution in [0.3, 0.4) is 0 Å². The summed E-state index contributed by atoms with van der Waals surface area (Å²) in [6.07, 6.45) is 2.43. The Hall–Kier alpha value is 0.170. The van der Waals surface area contributed by atoms with E-state index in [0.29, 0.717) is 5.41 Å². The first-order chi connectivity index (χ1) is 6.70. The van der Waals surface area contributed by atoms with Crippen molar-refractivity contribution in [2.24, 2.45) is 5.41 Å². The second-order valence-corrected chi connectivity index (χ2v) is 4.74. The normalized spacial score (nSPS) is 25.6. The summed E-state index contributed by atoms with van der Waals surface area (Å²) in [5, 5.41) is 12.4. The molecule has 0 amide bonds. The zero-order valence-electron chi connectivity index (χ0n) is 9.96. The molecule has 0 spiro atoms. The van der Waals surface area contributed by atoms with Gasteiger partial charge in [-0.3, -0.25) is 0 Å². The number of rotatable bonds is 6. The molecule has 4 heteroatoms. The Morgan fingerprint density at radius 2 is 2.13 bits per heavy atom. The van der Waals surface area contributed by atoms with Gasteiger partial charge in [-0.2, -0.15) is 0 Å². The fourth-order valence-electron chi connectivity index (χ4n) is 2.27. The monoisotopic (exact) mass is 236 g/mol. The Balaban J connectivity index is 0.00000196. The number of hydrogen-bond acceptors (Lipinski definition) is 3. The third-order valence-electron chi connectivity index (χ3n) is 3.02. The predicted octanol–water partition coefficient (Wildman–Crippen LogP) is 1.11. The van der Waals surface area contributed by atoms with Gasteiger partial charge in [0.05, 0.1) is 6.61 Å². The van der Waals surface area contributed by atoms with Crippen LogP contribution in [0.4, 0.5) is 0 Å². The van der Waals surface area contributed by atoms with Gasteiger partial charge in [0.1, 0.15) is 0 Å². The summed E-state index contributed by atoms with van der Waals surface area (Å²) < 4.78 is 0. The molecule has 1 fully saturated rings. The lowest BCUT2D eigenvalue weighted by Gasteiger charge is -2.31. The fraction of sp³-hybridized carbons (Fsp3) is 1.00. The smallest absolute Gasteiger partial charge is 0.0558 e. The standard InChI is InChI=1S/C11H24N2O.ClH/c1-3-6-13(7-8-14)10-11(2)4-5-12-9-11;/h12,14H,3-10H2,1-2H3;1H. The van der Waals surface area contributed by atoms with Crippen molar-refractivity contribution in [2.45, 2.75) is 26.7 Å². The summed E-state index contributed by atoms with van der Waals surface area (Å²) in [6, 6.07) is 0. The van der Waals surface area contributed by atoms with E-state index in [1.165, 1.54) is 12.8 Å². The van der Waals surface area contributed by atoms with Crippen LogP contribution in [-0.2, 0) is 0 Å². The van der Waals surface area contributed by atoms with Crippen LogP contribution in [0.5, 0.6) is 0 Å². The molecule has 2 N–H and O–H groups in total. The number of hydrogen-bond donors (Lipinski definition) is 2. The molecule has 1 aliphatic heterocycles. The molecule has 0 saturated carbocycles. The number of halogens is 1. The average Bonchev–Trinajstić information content (AvgIpc) is 2.53. The lowest BCUT2D eigenvalue weighted by molar-refractivity contribution is 0.144. The van der Waals surface area contributed by atoms with Gasteiger partial charge >= 0.3 is 0 Å². The summed E-state index contributed by atoms with van der Waals surface area (Å²) in [7, 11) is 0. The van der Waals surface area contributed by atoms with Gasteiger partial charge in [0, 0.05) is 19.6 Å². The van der Waals surface area contributed by atoms with Crippen LogP contribution in [-0.4, -0.2) is 49.3 Å². The van der Waals surface area contributed by atoms with Crippen molar-refractivity contribution in [3.8, 4) is 0 Å². The molecule has 0 aromatic carbocycles. The highest BCUT2D eigenvalue weighted by molar-refractivity contribution is 5.85. The van der Waals surface area contributed by atoms with Crippen molar-refractivity contribution in [3.63, 3.8) is 0 Å². The van der Waals surface area contributed by atoms with Gasteiger partial charge in [0.25, 0.3) is 0 Å². The van der Waals surface area contributed by atoms with Gasteiger partial charge in [0.2, 0.25) is 0 Å². The topological polar surface area (TPSA) is 35.5 Å². The molecule has 1 saturated heterocycles. The van der Waals surface area contributed by atoms with Crippen LogP contribution in [0, 0.1) is 5.41 Å². The van der Waals surface area contributed by atoms with E-state index in [2.05, 4.69) is 24.1 Å². The van der Waals surface area contributed by atoms with E-state index in [1.807, 2.05) is 0 Å². The highest BCUT2D eigenvalue weighted by atomic mass is 35.5. The lowest BCUT2D eigenvalue weighted by atomic mass is 9.89. The molecule has 1 atom stereocenters. The summed E-state index contributed by atoms with van der Waals surface area (Å²) in [5.74, 6) is 0. The Bertz CT molecular complexity index is 155. The van der Waals surface area contributed by atoms with E-state index in [4.69, 9.17) is 5.11 Å². The number of nitrogens with zero attached hydrogens (tertiary/aromatic N) is 1. The summed E-state index contributed by atoms with van der Waals surface area (Å²) >= 11 is 0. The molecule has 0 radical (unpaired) electrons. The van der Waals surface area contributed by atoms with Crippen molar-refractivity contribution in [1.29, 1.82) is 0 Å². The van der Waals surface area contributed by atoms with Crippen LogP contribution in [0.25, 0.3) is 0 Å². The Kier molecular flexibility index (Phi) is 7.53. The van der Waals surface area contributed by atoms with E-state index in [9.17, 15) is 0 Å². The van der Waals surface area contributed by atoms with Gasteiger partial charge in [-0.05, 0) is 31.3 Å². The van der Waals surface area contributed by atoms with E-state index in [-0.39, 0.29) is 19.0 Å². The molecular weight excluding hydrogens is 212 g/mol. The van der Waals surface area contributed by atoms with Crippen molar-refractivity contribution in [2.75, 3.05) is 39.3 Å². The molecule has 1 aliphatic rings. The molecule has 92 valence electrons. The van der Waals surface area contributed by atoms with E-state index in [1.54, 1.807) is 0 Å². The highest BCUT2D eigenvalue weighted by Crippen LogP contribution is 2.25. The summed E-state index contributed by atoms with van der Waals surface area (Å²) in [6.45, 7) is 10.1. The van der Waals surface area contributed by atoms with Crippen molar-refractivity contribution < 1.29 is 5.11 Å². The Morgan fingerprint density at radius 1 is 1.40 bits per heavy atom. The largest absolute Gasteiger partial charge is 0.395 e. The molecule has 15 heavy (non-hydrogen) atoms. The van der Waals surface area contributed by atoms with E-state index >= 15 is 0 Å². The van der Waals surface area contributed by atoms with Crippen molar-refractivity contribution >= 4 is 12.4 Å². The van der Waals surface area contributed by atoms with Gasteiger partial charge in [-0.15, -0.1) is 12.4 Å². The lowest BCUT2D eigenvalue weighted by Crippen LogP contribution is -2.39. The third kappa shape index (κ3) is 5.16. The number of aliphatic hydroxyl groups is 1. The molecule has 0 bridgehead atoms. The maximum atomic E-state index is 8.96. The quantitative estimate of drug-likeness (QED) is 0.726. The van der Waals surface area contributed by atoms with Gasteiger partial charge in [-0.25, -0.2) is 0 Å². The number of nitrogens with one attached hydrogen (secondary N) is 1. The maximum absolute atomic E-state index is 8.96. The predicted molar refractivity (Wildman–Crippen MR) is 66.7 cm³/mol. The van der Waals surface area contributed by atoms with Crippen LogP contribution < -0.4 is 5.32 Å². The minimum absolute atomic E-state index is 0. The first-order valence-corrected chi connectivity index (χ1v) is 5.74. The number of aliphatic hydroxyl groups excluding tert-OH is 1. The van der Waals surface area contributed by atoms with Crippen LogP contribution in [0.15, 0.2) is 0 Å². The van der Waals surface area contributed by atoms with Crippen LogP contribution in [0.1, 0.15) is 26.7 Å². The minimum Gasteiger partial charge on any atom is -0.395 e. The molecule has 1 heterocycles. The second kappa shape index (κ2) is 7.44. The van der Waals surface area contributed by atoms with E-state index in [0.717, 1.165) is 32.7 Å². The SMILES string of the molecule is CCCN(CCO)CC1(C)CCNC1.Cl. The highest BCUT2D eigenvalue weighted by Gasteiger charge is 2.30. The minimum atomic E-state index is 0. The Morgan fingerprint density at radius 3 is 2.60 bits per heavy atom. The van der Waals surface area contributed by atoms with Crippen molar-refractivity contribution in [3.05, 3.63) is 0 Å². The van der Waals surface area contributed by atoms with Crippen LogP contribution in [0.2, 0.25) is 0 Å². The third-order valence-corrected chi connectivity index (χ3v) is 3.02. The molecular formula is C11H25ClN2O.